The van der Waals surface area contributed by atoms with Gasteiger partial charge in [0, 0.05) is 38.3 Å². The fourth-order valence-electron chi connectivity index (χ4n) is 3.24. The van der Waals surface area contributed by atoms with Crippen molar-refractivity contribution in [1.29, 1.82) is 0 Å². The summed E-state index contributed by atoms with van der Waals surface area (Å²) in [5.74, 6) is 0.838. The standard InChI is InChI=1S/C20H17ClIN3O/c21-14-6-9-18(22)17(11-14)20(26)24-15-7-4-13(5-8-15)19-23-12-16-3-1-2-10-25(16)19/h4-9,11-12H,1-3,10H2,(H,24,26). The van der Waals surface area contributed by atoms with E-state index in [1.807, 2.05) is 36.5 Å². The molecule has 1 aliphatic rings. The average Bonchev–Trinajstić information content (AvgIpc) is 3.08. The maximum atomic E-state index is 12.5. The molecule has 1 aromatic heterocycles. The molecule has 2 aromatic carbocycles. The van der Waals surface area contributed by atoms with E-state index in [0.29, 0.717) is 10.6 Å². The lowest BCUT2D eigenvalue weighted by molar-refractivity contribution is 0.102. The average molecular weight is 478 g/mol. The molecule has 4 nitrogen and oxygen atoms in total. The molecule has 132 valence electrons. The van der Waals surface area contributed by atoms with E-state index >= 15 is 0 Å². The number of halogens is 2. The number of carbonyl (C=O) groups is 1. The first kappa shape index (κ1) is 17.5. The SMILES string of the molecule is O=C(Nc1ccc(-c2ncc3n2CCCC3)cc1)c1cc(Cl)ccc1I. The summed E-state index contributed by atoms with van der Waals surface area (Å²) in [4.78, 5) is 17.1. The molecular weight excluding hydrogens is 461 g/mol. The molecule has 1 aliphatic heterocycles. The second-order valence-corrected chi connectivity index (χ2v) is 7.94. The van der Waals surface area contributed by atoms with Crippen LogP contribution in [0.2, 0.25) is 5.02 Å². The van der Waals surface area contributed by atoms with Crippen LogP contribution in [-0.4, -0.2) is 15.5 Å². The lowest BCUT2D eigenvalue weighted by Crippen LogP contribution is -2.13. The van der Waals surface area contributed by atoms with Gasteiger partial charge < -0.3 is 9.88 Å². The molecule has 1 amide bonds. The van der Waals surface area contributed by atoms with Gasteiger partial charge in [-0.1, -0.05) is 11.6 Å². The molecule has 0 bridgehead atoms. The molecule has 0 spiro atoms. The van der Waals surface area contributed by atoms with Crippen LogP contribution < -0.4 is 5.32 Å². The van der Waals surface area contributed by atoms with Crippen LogP contribution in [0.5, 0.6) is 0 Å². The number of hydrogen-bond donors (Lipinski definition) is 1. The Kier molecular flexibility index (Phi) is 5.00. The van der Waals surface area contributed by atoms with Gasteiger partial charge in [0.15, 0.2) is 0 Å². The number of fused-ring (bicyclic) bond motifs is 1. The molecule has 0 saturated heterocycles. The van der Waals surface area contributed by atoms with Gasteiger partial charge in [-0.2, -0.15) is 0 Å². The third-order valence-electron chi connectivity index (χ3n) is 4.58. The Labute approximate surface area is 170 Å². The summed E-state index contributed by atoms with van der Waals surface area (Å²) in [5, 5.41) is 3.48. The Bertz CT molecular complexity index is 966. The van der Waals surface area contributed by atoms with Gasteiger partial charge in [-0.3, -0.25) is 4.79 Å². The first-order valence-corrected chi connectivity index (χ1v) is 9.99. The molecule has 1 N–H and O–H groups in total. The summed E-state index contributed by atoms with van der Waals surface area (Å²) in [5.41, 5.74) is 3.69. The van der Waals surface area contributed by atoms with Gasteiger partial charge in [-0.25, -0.2) is 4.98 Å². The summed E-state index contributed by atoms with van der Waals surface area (Å²) in [6, 6.07) is 13.1. The van der Waals surface area contributed by atoms with Crippen LogP contribution in [0, 0.1) is 3.57 Å². The maximum Gasteiger partial charge on any atom is 0.256 e. The zero-order valence-corrected chi connectivity index (χ0v) is 16.9. The molecule has 3 aromatic rings. The van der Waals surface area contributed by atoms with Crippen LogP contribution in [-0.2, 0) is 13.0 Å². The predicted octanol–water partition coefficient (Wildman–Crippen LogP) is 5.40. The van der Waals surface area contributed by atoms with Gasteiger partial charge >= 0.3 is 0 Å². The minimum atomic E-state index is -0.164. The Morgan fingerprint density at radius 2 is 1.96 bits per heavy atom. The summed E-state index contributed by atoms with van der Waals surface area (Å²) in [6.07, 6.45) is 5.51. The number of carbonyl (C=O) groups excluding carboxylic acids is 1. The van der Waals surface area contributed by atoms with Gasteiger partial charge in [0.2, 0.25) is 0 Å². The van der Waals surface area contributed by atoms with Gasteiger partial charge in [-0.15, -0.1) is 0 Å². The van der Waals surface area contributed by atoms with Crippen molar-refractivity contribution in [3.8, 4) is 11.4 Å². The van der Waals surface area contributed by atoms with Crippen LogP contribution in [0.1, 0.15) is 28.9 Å². The first-order chi connectivity index (χ1) is 12.6. The highest BCUT2D eigenvalue weighted by atomic mass is 127. The molecule has 0 radical (unpaired) electrons. The fourth-order valence-corrected chi connectivity index (χ4v) is 3.99. The molecule has 4 rings (SSSR count). The van der Waals surface area contributed by atoms with E-state index in [9.17, 15) is 4.79 Å². The van der Waals surface area contributed by atoms with E-state index in [1.165, 1.54) is 18.5 Å². The first-order valence-electron chi connectivity index (χ1n) is 8.53. The number of aryl methyl sites for hydroxylation is 1. The van der Waals surface area contributed by atoms with E-state index in [0.717, 1.165) is 33.6 Å². The number of imidazole rings is 1. The highest BCUT2D eigenvalue weighted by Crippen LogP contribution is 2.26. The number of rotatable bonds is 3. The lowest BCUT2D eigenvalue weighted by atomic mass is 10.1. The third-order valence-corrected chi connectivity index (χ3v) is 5.75. The highest BCUT2D eigenvalue weighted by Gasteiger charge is 2.15. The molecule has 26 heavy (non-hydrogen) atoms. The maximum absolute atomic E-state index is 12.5. The van der Waals surface area contributed by atoms with Gasteiger partial charge in [0.05, 0.1) is 5.56 Å². The van der Waals surface area contributed by atoms with Crippen LogP contribution in [0.25, 0.3) is 11.4 Å². The number of amides is 1. The minimum absolute atomic E-state index is 0.164. The van der Waals surface area contributed by atoms with E-state index < -0.39 is 0 Å². The molecule has 0 unspecified atom stereocenters. The van der Waals surface area contributed by atoms with Crippen molar-refractivity contribution in [3.05, 3.63) is 68.5 Å². The van der Waals surface area contributed by atoms with E-state index in [-0.39, 0.29) is 5.91 Å². The number of aromatic nitrogens is 2. The summed E-state index contributed by atoms with van der Waals surface area (Å²) in [6.45, 7) is 1.02. The zero-order chi connectivity index (χ0) is 18.1. The van der Waals surface area contributed by atoms with Crippen LogP contribution >= 0.6 is 34.2 Å². The number of nitrogens with one attached hydrogen (secondary N) is 1. The van der Waals surface area contributed by atoms with Crippen molar-refractivity contribution in [3.63, 3.8) is 0 Å². The topological polar surface area (TPSA) is 46.9 Å². The van der Waals surface area contributed by atoms with Gasteiger partial charge in [0.1, 0.15) is 5.82 Å². The lowest BCUT2D eigenvalue weighted by Gasteiger charge is -2.16. The molecular formula is C20H17ClIN3O. The summed E-state index contributed by atoms with van der Waals surface area (Å²) < 4.78 is 3.16. The Morgan fingerprint density at radius 3 is 2.77 bits per heavy atom. The number of anilines is 1. The van der Waals surface area contributed by atoms with E-state index in [2.05, 4.69) is 37.5 Å². The van der Waals surface area contributed by atoms with Crippen molar-refractivity contribution in [1.82, 2.24) is 9.55 Å². The van der Waals surface area contributed by atoms with Crippen molar-refractivity contribution in [2.75, 3.05) is 5.32 Å². The number of hydrogen-bond acceptors (Lipinski definition) is 2. The van der Waals surface area contributed by atoms with Crippen LogP contribution in [0.3, 0.4) is 0 Å². The summed E-state index contributed by atoms with van der Waals surface area (Å²) in [7, 11) is 0. The second kappa shape index (κ2) is 7.40. The zero-order valence-electron chi connectivity index (χ0n) is 14.0. The number of nitrogens with zero attached hydrogens (tertiary/aromatic N) is 2. The Balaban J connectivity index is 1.54. The van der Waals surface area contributed by atoms with Crippen LogP contribution in [0.15, 0.2) is 48.7 Å². The fraction of sp³-hybridized carbons (Fsp3) is 0.200. The second-order valence-electron chi connectivity index (χ2n) is 6.34. The largest absolute Gasteiger partial charge is 0.328 e. The quantitative estimate of drug-likeness (QED) is 0.514. The van der Waals surface area contributed by atoms with Crippen molar-refractivity contribution in [2.45, 2.75) is 25.8 Å². The highest BCUT2D eigenvalue weighted by molar-refractivity contribution is 14.1. The summed E-state index contributed by atoms with van der Waals surface area (Å²) >= 11 is 8.14. The van der Waals surface area contributed by atoms with E-state index in [4.69, 9.17) is 11.6 Å². The van der Waals surface area contributed by atoms with Crippen molar-refractivity contribution >= 4 is 45.8 Å². The molecule has 0 aliphatic carbocycles. The minimum Gasteiger partial charge on any atom is -0.328 e. The normalized spacial score (nSPS) is 13.3. The Morgan fingerprint density at radius 1 is 1.15 bits per heavy atom. The molecule has 0 saturated carbocycles. The molecule has 0 atom stereocenters. The van der Waals surface area contributed by atoms with Crippen LogP contribution in [0.4, 0.5) is 5.69 Å². The smallest absolute Gasteiger partial charge is 0.256 e. The van der Waals surface area contributed by atoms with Gasteiger partial charge in [-0.05, 0) is 84.3 Å². The van der Waals surface area contributed by atoms with E-state index in [1.54, 1.807) is 12.1 Å². The predicted molar refractivity (Wildman–Crippen MR) is 113 cm³/mol. The molecule has 2 heterocycles. The van der Waals surface area contributed by atoms with Crippen molar-refractivity contribution < 1.29 is 4.79 Å². The van der Waals surface area contributed by atoms with Gasteiger partial charge in [0.25, 0.3) is 5.91 Å². The van der Waals surface area contributed by atoms with Crippen molar-refractivity contribution in [2.24, 2.45) is 0 Å². The third kappa shape index (κ3) is 3.50. The number of benzene rings is 2. The molecule has 6 heteroatoms. The monoisotopic (exact) mass is 477 g/mol. The Hall–Kier alpha value is -1.86. The molecule has 0 fully saturated rings.